The van der Waals surface area contributed by atoms with Crippen LogP contribution in [0.1, 0.15) is 15.9 Å². The number of hydrogen-bond acceptors (Lipinski definition) is 3. The summed E-state index contributed by atoms with van der Waals surface area (Å²) in [6.45, 7) is 0. The van der Waals surface area contributed by atoms with Crippen molar-refractivity contribution in [3.05, 3.63) is 63.2 Å². The Kier molecular flexibility index (Phi) is 5.60. The lowest BCUT2D eigenvalue weighted by Gasteiger charge is -2.02. The first kappa shape index (κ1) is 15.1. The number of carbonyl (C=O) groups is 1. The Morgan fingerprint density at radius 3 is 2.55 bits per heavy atom. The molecule has 2 aromatic carbocycles. The van der Waals surface area contributed by atoms with Crippen molar-refractivity contribution in [1.82, 2.24) is 5.43 Å². The van der Waals surface area contributed by atoms with Crippen molar-refractivity contribution in [2.45, 2.75) is 4.90 Å². The van der Waals surface area contributed by atoms with Gasteiger partial charge in [0, 0.05) is 8.47 Å². The van der Waals surface area contributed by atoms with Crippen molar-refractivity contribution in [3.8, 4) is 0 Å². The zero-order chi connectivity index (χ0) is 14.4. The second-order valence-electron chi connectivity index (χ2n) is 3.95. The Morgan fingerprint density at radius 1 is 1.20 bits per heavy atom. The SMILES string of the molecule is CSc1ccc(/C=N\NC(=O)c2ccccc2I)cc1. The van der Waals surface area contributed by atoms with Crippen molar-refractivity contribution in [2.75, 3.05) is 6.26 Å². The Morgan fingerprint density at radius 2 is 1.90 bits per heavy atom. The minimum Gasteiger partial charge on any atom is -0.267 e. The molecular formula is C15H13IN2OS. The number of nitrogens with zero attached hydrogens (tertiary/aromatic N) is 1. The van der Waals surface area contributed by atoms with E-state index in [1.807, 2.05) is 48.7 Å². The molecule has 0 aliphatic heterocycles. The third-order valence-electron chi connectivity index (χ3n) is 2.61. The molecule has 0 aromatic heterocycles. The van der Waals surface area contributed by atoms with Gasteiger partial charge in [-0.05, 0) is 58.7 Å². The molecule has 3 nitrogen and oxygen atoms in total. The molecule has 5 heteroatoms. The quantitative estimate of drug-likeness (QED) is 0.370. The van der Waals surface area contributed by atoms with Gasteiger partial charge >= 0.3 is 0 Å². The van der Waals surface area contributed by atoms with Crippen molar-refractivity contribution in [1.29, 1.82) is 0 Å². The molecule has 0 saturated carbocycles. The van der Waals surface area contributed by atoms with Gasteiger partial charge in [0.25, 0.3) is 5.91 Å². The predicted octanol–water partition coefficient (Wildman–Crippen LogP) is 3.78. The molecular weight excluding hydrogens is 383 g/mol. The van der Waals surface area contributed by atoms with Gasteiger partial charge in [-0.15, -0.1) is 11.8 Å². The summed E-state index contributed by atoms with van der Waals surface area (Å²) in [5, 5.41) is 3.98. The third-order valence-corrected chi connectivity index (χ3v) is 4.30. The molecule has 0 bridgehead atoms. The number of amides is 1. The van der Waals surface area contributed by atoms with Crippen LogP contribution >= 0.6 is 34.4 Å². The van der Waals surface area contributed by atoms with E-state index in [1.165, 1.54) is 4.90 Å². The van der Waals surface area contributed by atoms with Crippen LogP contribution < -0.4 is 5.43 Å². The third kappa shape index (κ3) is 4.08. The van der Waals surface area contributed by atoms with Crippen LogP contribution in [0.3, 0.4) is 0 Å². The Bertz CT molecular complexity index is 626. The molecule has 0 aliphatic carbocycles. The van der Waals surface area contributed by atoms with Gasteiger partial charge in [-0.3, -0.25) is 4.79 Å². The number of nitrogens with one attached hydrogen (secondary N) is 1. The van der Waals surface area contributed by atoms with Crippen molar-refractivity contribution >= 4 is 46.5 Å². The predicted molar refractivity (Wildman–Crippen MR) is 92.4 cm³/mol. The highest BCUT2D eigenvalue weighted by molar-refractivity contribution is 14.1. The van der Waals surface area contributed by atoms with Crippen molar-refractivity contribution in [3.63, 3.8) is 0 Å². The van der Waals surface area contributed by atoms with Crippen LogP contribution in [0.25, 0.3) is 0 Å². The van der Waals surface area contributed by atoms with Gasteiger partial charge in [-0.25, -0.2) is 5.43 Å². The molecule has 0 heterocycles. The van der Waals surface area contributed by atoms with Gasteiger partial charge in [0.2, 0.25) is 0 Å². The lowest BCUT2D eigenvalue weighted by molar-refractivity contribution is 0.0954. The van der Waals surface area contributed by atoms with Gasteiger partial charge in [-0.2, -0.15) is 5.10 Å². The van der Waals surface area contributed by atoms with Gasteiger partial charge in [-0.1, -0.05) is 24.3 Å². The number of hydrazone groups is 1. The molecule has 1 N–H and O–H groups in total. The number of thioether (sulfide) groups is 1. The molecule has 20 heavy (non-hydrogen) atoms. The van der Waals surface area contributed by atoms with Gasteiger partial charge in [0.15, 0.2) is 0 Å². The molecule has 2 aromatic rings. The van der Waals surface area contributed by atoms with Crippen LogP contribution in [-0.2, 0) is 0 Å². The normalized spacial score (nSPS) is 10.7. The maximum absolute atomic E-state index is 11.9. The maximum Gasteiger partial charge on any atom is 0.272 e. The highest BCUT2D eigenvalue weighted by atomic mass is 127. The number of rotatable bonds is 4. The van der Waals surface area contributed by atoms with E-state index >= 15 is 0 Å². The molecule has 0 radical (unpaired) electrons. The molecule has 2 rings (SSSR count). The first-order valence-electron chi connectivity index (χ1n) is 5.92. The molecule has 0 aliphatic rings. The van der Waals surface area contributed by atoms with Crippen molar-refractivity contribution in [2.24, 2.45) is 5.10 Å². The topological polar surface area (TPSA) is 41.5 Å². The summed E-state index contributed by atoms with van der Waals surface area (Å²) >= 11 is 3.82. The highest BCUT2D eigenvalue weighted by Gasteiger charge is 2.07. The second kappa shape index (κ2) is 7.44. The summed E-state index contributed by atoms with van der Waals surface area (Å²) in [4.78, 5) is 13.1. The number of hydrogen-bond donors (Lipinski definition) is 1. The number of carbonyl (C=O) groups excluding carboxylic acids is 1. The lowest BCUT2D eigenvalue weighted by Crippen LogP contribution is -2.18. The molecule has 0 unspecified atom stereocenters. The molecule has 0 spiro atoms. The Balaban J connectivity index is 1.99. The fourth-order valence-corrected chi connectivity index (χ4v) is 2.60. The lowest BCUT2D eigenvalue weighted by atomic mass is 10.2. The van der Waals surface area contributed by atoms with Crippen LogP contribution in [0.5, 0.6) is 0 Å². The molecule has 0 atom stereocenters. The van der Waals surface area contributed by atoms with E-state index in [-0.39, 0.29) is 5.91 Å². The molecule has 1 amide bonds. The zero-order valence-electron chi connectivity index (χ0n) is 10.8. The summed E-state index contributed by atoms with van der Waals surface area (Å²) in [5.41, 5.74) is 4.11. The fraction of sp³-hybridized carbons (Fsp3) is 0.0667. The minimum atomic E-state index is -0.202. The second-order valence-corrected chi connectivity index (χ2v) is 5.99. The van der Waals surface area contributed by atoms with Gasteiger partial charge in [0.1, 0.15) is 0 Å². The van der Waals surface area contributed by atoms with E-state index in [2.05, 4.69) is 33.1 Å². The van der Waals surface area contributed by atoms with Gasteiger partial charge < -0.3 is 0 Å². The largest absolute Gasteiger partial charge is 0.272 e. The Labute approximate surface area is 136 Å². The van der Waals surface area contributed by atoms with Gasteiger partial charge in [0.05, 0.1) is 11.8 Å². The summed E-state index contributed by atoms with van der Waals surface area (Å²) < 4.78 is 0.905. The average molecular weight is 396 g/mol. The van der Waals surface area contributed by atoms with Crippen molar-refractivity contribution < 1.29 is 4.79 Å². The van der Waals surface area contributed by atoms with Crippen LogP contribution in [0, 0.1) is 3.57 Å². The van der Waals surface area contributed by atoms with E-state index < -0.39 is 0 Å². The van der Waals surface area contributed by atoms with E-state index in [0.29, 0.717) is 5.56 Å². The van der Waals surface area contributed by atoms with E-state index in [9.17, 15) is 4.79 Å². The summed E-state index contributed by atoms with van der Waals surface area (Å²) in [7, 11) is 0. The maximum atomic E-state index is 11.9. The number of benzene rings is 2. The first-order valence-corrected chi connectivity index (χ1v) is 8.23. The van der Waals surface area contributed by atoms with Crippen LogP contribution in [0.15, 0.2) is 58.5 Å². The Hall–Kier alpha value is -1.34. The van der Waals surface area contributed by atoms with Crippen LogP contribution in [0.2, 0.25) is 0 Å². The van der Waals surface area contributed by atoms with E-state index in [1.54, 1.807) is 24.0 Å². The summed E-state index contributed by atoms with van der Waals surface area (Å²) in [5.74, 6) is -0.202. The van der Waals surface area contributed by atoms with Crippen LogP contribution in [-0.4, -0.2) is 18.4 Å². The fourth-order valence-electron chi connectivity index (χ4n) is 1.56. The van der Waals surface area contributed by atoms with Crippen LogP contribution in [0.4, 0.5) is 0 Å². The smallest absolute Gasteiger partial charge is 0.267 e. The average Bonchev–Trinajstić information content (AvgIpc) is 2.48. The molecule has 0 fully saturated rings. The zero-order valence-corrected chi connectivity index (χ0v) is 13.8. The standard InChI is InChI=1S/C15H13IN2OS/c1-20-12-8-6-11(7-9-12)10-17-18-15(19)13-4-2-3-5-14(13)16/h2-10H,1H3,(H,18,19)/b17-10-. The monoisotopic (exact) mass is 396 g/mol. The highest BCUT2D eigenvalue weighted by Crippen LogP contribution is 2.14. The minimum absolute atomic E-state index is 0.202. The number of halogens is 1. The van der Waals surface area contributed by atoms with E-state index in [0.717, 1.165) is 9.13 Å². The first-order chi connectivity index (χ1) is 9.70. The summed E-state index contributed by atoms with van der Waals surface area (Å²) in [6.07, 6.45) is 3.67. The molecule has 102 valence electrons. The van der Waals surface area contributed by atoms with E-state index in [4.69, 9.17) is 0 Å². The molecule has 0 saturated heterocycles. The summed E-state index contributed by atoms with van der Waals surface area (Å²) in [6, 6.07) is 15.4.